The van der Waals surface area contributed by atoms with Crippen LogP contribution in [0.3, 0.4) is 0 Å². The Bertz CT molecular complexity index is 549. The van der Waals surface area contributed by atoms with Crippen LogP contribution in [-0.4, -0.2) is 32.4 Å². The summed E-state index contributed by atoms with van der Waals surface area (Å²) in [6.07, 6.45) is 6.32. The fourth-order valence-corrected chi connectivity index (χ4v) is 2.37. The van der Waals surface area contributed by atoms with E-state index >= 15 is 0 Å². The summed E-state index contributed by atoms with van der Waals surface area (Å²) in [5.74, 6) is -0.179. The number of rotatable bonds is 7. The maximum atomic E-state index is 12.0. The number of urea groups is 1. The number of carbonyl (C=O) groups is 2. The zero-order valence-electron chi connectivity index (χ0n) is 13.3. The zero-order chi connectivity index (χ0) is 16.3. The molecule has 1 aliphatic rings. The summed E-state index contributed by atoms with van der Waals surface area (Å²) >= 11 is 0. The van der Waals surface area contributed by atoms with Crippen LogP contribution in [0.4, 0.5) is 10.5 Å². The first-order valence-corrected chi connectivity index (χ1v) is 7.62. The van der Waals surface area contributed by atoms with E-state index in [1.807, 2.05) is 10.9 Å². The van der Waals surface area contributed by atoms with E-state index in [0.717, 1.165) is 0 Å². The lowest BCUT2D eigenvalue weighted by Gasteiger charge is -2.25. The van der Waals surface area contributed by atoms with Crippen LogP contribution < -0.4 is 10.6 Å². The average Bonchev–Trinajstić information content (AvgIpc) is 3.16. The molecule has 1 heterocycles. The van der Waals surface area contributed by atoms with Gasteiger partial charge in [0, 0.05) is 18.2 Å². The van der Waals surface area contributed by atoms with Crippen LogP contribution in [0.25, 0.3) is 0 Å². The molecule has 0 saturated heterocycles. The topological polar surface area (TPSA) is 96.2 Å². The van der Waals surface area contributed by atoms with Crippen LogP contribution >= 0.6 is 0 Å². The standard InChI is InChI=1S/C15H24N4O3/c1-10(11-4-5-11)19-9-12(8-16-19)17-14(22)18-15(2,3)7-6-13(20)21/h8-11H,4-7H2,1-3H3,(H,20,21)(H2,17,18,22). The van der Waals surface area contributed by atoms with Gasteiger partial charge in [-0.1, -0.05) is 0 Å². The van der Waals surface area contributed by atoms with E-state index in [2.05, 4.69) is 22.7 Å². The van der Waals surface area contributed by atoms with Crippen molar-refractivity contribution in [2.24, 2.45) is 5.92 Å². The van der Waals surface area contributed by atoms with Crippen molar-refractivity contribution in [2.45, 2.75) is 58.0 Å². The molecule has 0 aliphatic heterocycles. The molecule has 1 unspecified atom stereocenters. The molecule has 7 nitrogen and oxygen atoms in total. The van der Waals surface area contributed by atoms with Gasteiger partial charge in [0.05, 0.1) is 17.9 Å². The van der Waals surface area contributed by atoms with E-state index in [0.29, 0.717) is 24.1 Å². The van der Waals surface area contributed by atoms with Crippen molar-refractivity contribution in [3.05, 3.63) is 12.4 Å². The number of carboxylic acid groups (broad SMARTS) is 1. The third kappa shape index (κ3) is 4.75. The predicted molar refractivity (Wildman–Crippen MR) is 82.8 cm³/mol. The molecule has 0 aromatic carbocycles. The van der Waals surface area contributed by atoms with Gasteiger partial charge in [-0.3, -0.25) is 9.48 Å². The predicted octanol–water partition coefficient (Wildman–Crippen LogP) is 2.62. The second-order valence-electron chi connectivity index (χ2n) is 6.64. The van der Waals surface area contributed by atoms with E-state index in [9.17, 15) is 9.59 Å². The van der Waals surface area contributed by atoms with E-state index in [1.165, 1.54) is 12.8 Å². The van der Waals surface area contributed by atoms with Gasteiger partial charge >= 0.3 is 12.0 Å². The maximum absolute atomic E-state index is 12.0. The lowest BCUT2D eigenvalue weighted by molar-refractivity contribution is -0.137. The summed E-state index contributed by atoms with van der Waals surface area (Å²) in [5, 5.41) is 18.5. The number of nitrogens with zero attached hydrogens (tertiary/aromatic N) is 2. The van der Waals surface area contributed by atoms with Gasteiger partial charge in [0.2, 0.25) is 0 Å². The minimum Gasteiger partial charge on any atom is -0.481 e. The van der Waals surface area contributed by atoms with Gasteiger partial charge in [-0.25, -0.2) is 4.79 Å². The summed E-state index contributed by atoms with van der Waals surface area (Å²) < 4.78 is 1.88. The highest BCUT2D eigenvalue weighted by molar-refractivity contribution is 5.89. The molecule has 1 atom stereocenters. The number of carbonyl (C=O) groups excluding carboxylic acids is 1. The molecule has 122 valence electrons. The van der Waals surface area contributed by atoms with Gasteiger partial charge in [-0.15, -0.1) is 0 Å². The molecule has 1 fully saturated rings. The number of hydrogen-bond acceptors (Lipinski definition) is 3. The first-order valence-electron chi connectivity index (χ1n) is 7.62. The molecule has 1 aromatic heterocycles. The van der Waals surface area contributed by atoms with Crippen LogP contribution in [0.2, 0.25) is 0 Å². The minimum absolute atomic E-state index is 0.0180. The maximum Gasteiger partial charge on any atom is 0.319 e. The average molecular weight is 308 g/mol. The number of carboxylic acids is 1. The van der Waals surface area contributed by atoms with Crippen molar-refractivity contribution >= 4 is 17.7 Å². The Hall–Kier alpha value is -2.05. The molecule has 3 N–H and O–H groups in total. The Balaban J connectivity index is 1.84. The van der Waals surface area contributed by atoms with Crippen LogP contribution in [0, 0.1) is 5.92 Å². The molecular formula is C15H24N4O3. The zero-order valence-corrected chi connectivity index (χ0v) is 13.3. The van der Waals surface area contributed by atoms with Gasteiger partial charge in [0.15, 0.2) is 0 Å². The smallest absolute Gasteiger partial charge is 0.319 e. The van der Waals surface area contributed by atoms with E-state index < -0.39 is 11.5 Å². The highest BCUT2D eigenvalue weighted by atomic mass is 16.4. The molecule has 0 radical (unpaired) electrons. The van der Waals surface area contributed by atoms with Crippen molar-refractivity contribution in [2.75, 3.05) is 5.32 Å². The second kappa shape index (κ2) is 6.37. The summed E-state index contributed by atoms with van der Waals surface area (Å²) in [4.78, 5) is 22.6. The summed E-state index contributed by atoms with van der Waals surface area (Å²) in [6, 6.07) is -0.000340. The largest absolute Gasteiger partial charge is 0.481 e. The molecule has 2 rings (SSSR count). The Morgan fingerprint density at radius 1 is 1.50 bits per heavy atom. The van der Waals surface area contributed by atoms with Crippen LogP contribution in [0.1, 0.15) is 52.5 Å². The lowest BCUT2D eigenvalue weighted by atomic mass is 9.99. The van der Waals surface area contributed by atoms with Crippen molar-refractivity contribution < 1.29 is 14.7 Å². The van der Waals surface area contributed by atoms with Crippen LogP contribution in [0.15, 0.2) is 12.4 Å². The van der Waals surface area contributed by atoms with E-state index in [1.54, 1.807) is 20.0 Å². The molecule has 1 aliphatic carbocycles. The number of nitrogens with one attached hydrogen (secondary N) is 2. The highest BCUT2D eigenvalue weighted by Gasteiger charge is 2.29. The van der Waals surface area contributed by atoms with Gasteiger partial charge < -0.3 is 15.7 Å². The summed E-state index contributed by atoms with van der Waals surface area (Å²) in [6.45, 7) is 5.73. The third-order valence-corrected chi connectivity index (χ3v) is 4.00. The number of anilines is 1. The first kappa shape index (κ1) is 16.3. The Morgan fingerprint density at radius 3 is 2.77 bits per heavy atom. The van der Waals surface area contributed by atoms with Crippen LogP contribution in [-0.2, 0) is 4.79 Å². The quantitative estimate of drug-likeness (QED) is 0.721. The summed E-state index contributed by atoms with van der Waals surface area (Å²) in [5.41, 5.74) is 0.0544. The number of aliphatic carboxylic acids is 1. The molecule has 7 heteroatoms. The molecule has 1 aromatic rings. The number of aromatic nitrogens is 2. The Morgan fingerprint density at radius 2 is 2.18 bits per heavy atom. The van der Waals surface area contributed by atoms with Crippen molar-refractivity contribution in [3.63, 3.8) is 0 Å². The molecule has 2 amide bonds. The van der Waals surface area contributed by atoms with Gasteiger partial charge in [0.1, 0.15) is 0 Å². The van der Waals surface area contributed by atoms with E-state index in [4.69, 9.17) is 5.11 Å². The number of amides is 2. The normalized spacial score (nSPS) is 16.1. The summed E-state index contributed by atoms with van der Waals surface area (Å²) in [7, 11) is 0. The van der Waals surface area contributed by atoms with Crippen molar-refractivity contribution in [1.82, 2.24) is 15.1 Å². The second-order valence-corrected chi connectivity index (χ2v) is 6.64. The first-order chi connectivity index (χ1) is 10.3. The fourth-order valence-electron chi connectivity index (χ4n) is 2.37. The minimum atomic E-state index is -0.870. The molecule has 0 spiro atoms. The molecular weight excluding hydrogens is 284 g/mol. The molecule has 22 heavy (non-hydrogen) atoms. The lowest BCUT2D eigenvalue weighted by Crippen LogP contribution is -2.45. The molecule has 0 bridgehead atoms. The van der Waals surface area contributed by atoms with Crippen LogP contribution in [0.5, 0.6) is 0 Å². The molecule has 1 saturated carbocycles. The fraction of sp³-hybridized carbons (Fsp3) is 0.667. The van der Waals surface area contributed by atoms with Gasteiger partial charge in [0.25, 0.3) is 0 Å². The SMILES string of the molecule is CC(C1CC1)n1cc(NC(=O)NC(C)(C)CCC(=O)O)cn1. The third-order valence-electron chi connectivity index (χ3n) is 4.00. The monoisotopic (exact) mass is 308 g/mol. The van der Waals surface area contributed by atoms with Gasteiger partial charge in [-0.2, -0.15) is 5.10 Å². The Kier molecular flexibility index (Phi) is 4.73. The van der Waals surface area contributed by atoms with Crippen molar-refractivity contribution in [3.8, 4) is 0 Å². The number of hydrogen-bond donors (Lipinski definition) is 3. The Labute approximate surface area is 130 Å². The highest BCUT2D eigenvalue weighted by Crippen LogP contribution is 2.39. The van der Waals surface area contributed by atoms with Gasteiger partial charge in [-0.05, 0) is 46.0 Å². The van der Waals surface area contributed by atoms with Crippen molar-refractivity contribution in [1.29, 1.82) is 0 Å². The van der Waals surface area contributed by atoms with E-state index in [-0.39, 0.29) is 12.5 Å².